The molecule has 0 spiro atoms. The number of fused-ring (bicyclic) bond motifs is 12. The van der Waals surface area contributed by atoms with Crippen molar-refractivity contribution in [3.05, 3.63) is 132 Å². The highest BCUT2D eigenvalue weighted by Crippen LogP contribution is 2.48. The van der Waals surface area contributed by atoms with Gasteiger partial charge in [-0.15, -0.1) is 0 Å². The standard InChI is InChI=1S/C46H56N8O8.C45H54N8O9/c1-23(2)38(51-45(57)60-7)43(55)53-19-25(5)13-35(53)41-47-18-34(49-41)28-9-11-30-29(15-28)22-62-37-17-31-27(16-32(30)37)10-12-33-40(31)50-42(48-33)36-14-26(21-59-6)20-54(36)44(56)39(24(3)4)52-46(58)61-8;1-22-9-15-34(52(22)42(54)37(24(3)58-5)50-44(56)60-7)40-46-20-33(48-40)27-11-13-29-28(17-27)21-62-36-19-30-26(18-31(29)36)12-14-32-39(30)49-41(47-32)35-16-10-23(2)53(35)43(55)38(25(4)59-6)51-45(57)61-8/h9-12,15-18,23-26,35-36,38-39H,13-14,19-22H2,1-8H3,(H,47,49)(H,48,50)(H,51,57)(H,52,58);11-14,17-20,22-25,34-35,37-38H,9-10,15-16,21H2,1-8H3,(H,46,48)(H,47,49)(H,50,56)(H,51,57)/t25-,26-,35-,36-,38-,39-;22-,23-,24+,25+,34-,35-,37-,38-/m00/s1. The van der Waals surface area contributed by atoms with Crippen LogP contribution in [-0.2, 0) is 65.5 Å². The molecule has 33 nitrogen and oxygen atoms in total. The second kappa shape index (κ2) is 36.2. The molecule has 33 heteroatoms. The maximum absolute atomic E-state index is 14.1. The first kappa shape index (κ1) is 86.6. The van der Waals surface area contributed by atoms with Crippen molar-refractivity contribution in [3.8, 4) is 56.3 Å². The number of carbonyl (C=O) groups excluding carboxylic acids is 8. The normalized spacial score (nSPS) is 21.0. The van der Waals surface area contributed by atoms with Gasteiger partial charge >= 0.3 is 24.4 Å². The first-order chi connectivity index (χ1) is 59.6. The number of aromatic amines is 4. The molecule has 0 radical (unpaired) electrons. The highest BCUT2D eigenvalue weighted by molar-refractivity contribution is 6.08. The molecule has 656 valence electrons. The third-order valence-electron chi connectivity index (χ3n) is 25.4. The minimum atomic E-state index is -0.938. The summed E-state index contributed by atoms with van der Waals surface area (Å²) in [5, 5.41) is 14.6. The summed E-state index contributed by atoms with van der Waals surface area (Å²) in [5.74, 6) is 3.42. The van der Waals surface area contributed by atoms with Crippen LogP contribution in [-0.4, -0.2) is 225 Å². The Bertz CT molecular complexity index is 5720. The van der Waals surface area contributed by atoms with Gasteiger partial charge < -0.3 is 103 Å². The van der Waals surface area contributed by atoms with Gasteiger partial charge in [-0.1, -0.05) is 71.0 Å². The molecule has 16 rings (SSSR count). The van der Waals surface area contributed by atoms with Crippen LogP contribution >= 0.6 is 0 Å². The van der Waals surface area contributed by atoms with Gasteiger partial charge in [0.1, 0.15) is 72.2 Å². The number of alkyl carbamates (subject to hydrolysis) is 4. The summed E-state index contributed by atoms with van der Waals surface area (Å²) in [7, 11) is 9.76. The van der Waals surface area contributed by atoms with E-state index in [0.717, 1.165) is 130 Å². The van der Waals surface area contributed by atoms with Crippen molar-refractivity contribution in [2.75, 3.05) is 69.5 Å². The van der Waals surface area contributed by atoms with Gasteiger partial charge in [0.05, 0.1) is 117 Å². The third-order valence-corrected chi connectivity index (χ3v) is 25.4. The fourth-order valence-corrected chi connectivity index (χ4v) is 18.6. The SMILES string of the molecule is COC(=O)N[C@H](C(=O)N1[C@@H](C)CC[C@H]1c1ncc(-c2ccc3c(c2)COc2cc4c(ccc5[nH]c([C@@H]6CC[C@H](C)N6C(=O)[C@@H](NC(=O)OC)[C@@H](C)OC)nc54)cc2-3)[nH]1)[C@@H](C)OC.COC[C@H]1C[C@@H](c2nc3c(ccc4cc5c(cc43)OCc3cc(-c4cnc([C@@H]6C[C@H](C)CN6C(=O)[C@@H](NC(=O)OC)C(C)C)[nH]4)ccc3-5)[nH]2)N(C(=O)[C@@H](NC(=O)OC)C(C)C)C1. The van der Waals surface area contributed by atoms with Gasteiger partial charge in [-0.3, -0.25) is 19.2 Å². The van der Waals surface area contributed by atoms with Crippen molar-refractivity contribution in [1.82, 2.24) is 80.7 Å². The van der Waals surface area contributed by atoms with E-state index in [-0.39, 0.29) is 83.6 Å². The van der Waals surface area contributed by atoms with Gasteiger partial charge in [0.15, 0.2) is 0 Å². The van der Waals surface area contributed by atoms with Crippen LogP contribution in [0.15, 0.2) is 97.3 Å². The number of ether oxygens (including phenoxy) is 9. The first-order valence-electron chi connectivity index (χ1n) is 42.4. The van der Waals surface area contributed by atoms with E-state index in [2.05, 4.69) is 115 Å². The van der Waals surface area contributed by atoms with E-state index < -0.39 is 60.7 Å². The second-order valence-electron chi connectivity index (χ2n) is 34.1. The number of carbonyl (C=O) groups is 8. The number of benzene rings is 6. The molecule has 4 saturated heterocycles. The van der Waals surface area contributed by atoms with Crippen molar-refractivity contribution >= 4 is 91.6 Å². The van der Waals surface area contributed by atoms with E-state index in [1.54, 1.807) is 37.0 Å². The molecule has 0 unspecified atom stereocenters. The first-order valence-corrected chi connectivity index (χ1v) is 42.4. The third kappa shape index (κ3) is 16.9. The molecule has 10 aromatic rings. The van der Waals surface area contributed by atoms with Gasteiger partial charge in [0.25, 0.3) is 0 Å². The van der Waals surface area contributed by atoms with E-state index in [1.807, 2.05) is 75.7 Å². The Morgan fingerprint density at radius 3 is 1.29 bits per heavy atom. The van der Waals surface area contributed by atoms with Crippen LogP contribution in [0.25, 0.3) is 88.4 Å². The number of nitrogens with zero attached hydrogens (tertiary/aromatic N) is 8. The van der Waals surface area contributed by atoms with Gasteiger partial charge in [-0.2, -0.15) is 0 Å². The monoisotopic (exact) mass is 1700 g/mol. The number of likely N-dealkylation sites (tertiary alicyclic amines) is 4. The molecule has 4 fully saturated rings. The summed E-state index contributed by atoms with van der Waals surface area (Å²) in [4.78, 5) is 146. The molecule has 10 heterocycles. The van der Waals surface area contributed by atoms with Crippen LogP contribution in [0.3, 0.4) is 0 Å². The fourth-order valence-electron chi connectivity index (χ4n) is 18.6. The topological polar surface area (TPSA) is 395 Å². The summed E-state index contributed by atoms with van der Waals surface area (Å²) in [6, 6.07) is 24.3. The predicted octanol–water partition coefficient (Wildman–Crippen LogP) is 13.2. The van der Waals surface area contributed by atoms with E-state index in [1.165, 1.54) is 42.7 Å². The van der Waals surface area contributed by atoms with Crippen molar-refractivity contribution in [3.63, 3.8) is 0 Å². The average molecular weight is 1700 g/mol. The number of aromatic nitrogens is 8. The van der Waals surface area contributed by atoms with Crippen molar-refractivity contribution < 1.29 is 81.0 Å². The molecular formula is C91H110N16O17. The molecule has 0 saturated carbocycles. The molecule has 6 aliphatic heterocycles. The van der Waals surface area contributed by atoms with Crippen molar-refractivity contribution in [1.29, 1.82) is 0 Å². The largest absolute Gasteiger partial charge is 0.488 e. The van der Waals surface area contributed by atoms with Gasteiger partial charge in [-0.25, -0.2) is 39.1 Å². The van der Waals surface area contributed by atoms with Crippen LogP contribution in [0.1, 0.15) is 159 Å². The predicted molar refractivity (Wildman–Crippen MR) is 461 cm³/mol. The number of hydrogen-bond acceptors (Lipinski definition) is 21. The van der Waals surface area contributed by atoms with E-state index >= 15 is 0 Å². The molecular weight excluding hydrogens is 1590 g/mol. The minimum absolute atomic E-state index is 0.0750. The number of hydrogen-bond donors (Lipinski definition) is 8. The lowest BCUT2D eigenvalue weighted by molar-refractivity contribution is -0.140. The maximum Gasteiger partial charge on any atom is 0.407 e. The average Bonchev–Trinajstić information content (AvgIpc) is 1.48. The summed E-state index contributed by atoms with van der Waals surface area (Å²) in [6.07, 6.45) is 4.11. The summed E-state index contributed by atoms with van der Waals surface area (Å²) in [5.41, 5.74) is 12.9. The highest BCUT2D eigenvalue weighted by Gasteiger charge is 2.47. The number of rotatable bonds is 22. The number of nitrogens with one attached hydrogen (secondary N) is 8. The van der Waals surface area contributed by atoms with Crippen molar-refractivity contribution in [2.45, 2.75) is 187 Å². The Morgan fingerprint density at radius 1 is 0.452 bits per heavy atom. The molecule has 14 atom stereocenters. The van der Waals surface area contributed by atoms with Gasteiger partial charge in [0.2, 0.25) is 23.6 Å². The van der Waals surface area contributed by atoms with Crippen LogP contribution in [0.4, 0.5) is 19.2 Å². The lowest BCUT2D eigenvalue weighted by Crippen LogP contribution is -2.55. The Morgan fingerprint density at radius 2 is 0.863 bits per heavy atom. The quantitative estimate of drug-likeness (QED) is 0.0292. The van der Waals surface area contributed by atoms with Crippen LogP contribution in [0, 0.1) is 23.7 Å². The lowest BCUT2D eigenvalue weighted by atomic mass is 9.92. The number of H-pyrrole nitrogens is 4. The Kier molecular flexibility index (Phi) is 25.3. The van der Waals surface area contributed by atoms with E-state index in [9.17, 15) is 38.4 Å². The highest BCUT2D eigenvalue weighted by atomic mass is 16.6. The number of methoxy groups -OCH3 is 7. The second-order valence-corrected chi connectivity index (χ2v) is 34.1. The molecule has 4 aromatic heterocycles. The molecule has 124 heavy (non-hydrogen) atoms. The van der Waals surface area contributed by atoms with Crippen molar-refractivity contribution in [2.24, 2.45) is 23.7 Å². The zero-order chi connectivity index (χ0) is 88.0. The molecule has 0 bridgehead atoms. The zero-order valence-corrected chi connectivity index (χ0v) is 72.8. The molecule has 6 aromatic carbocycles. The summed E-state index contributed by atoms with van der Waals surface area (Å²) < 4.78 is 48.5. The fraction of sp³-hybridized carbons (Fsp3) is 0.473. The van der Waals surface area contributed by atoms with Gasteiger partial charge in [-0.05, 0) is 177 Å². The van der Waals surface area contributed by atoms with Crippen LogP contribution in [0.2, 0.25) is 0 Å². The molecule has 6 aliphatic rings. The summed E-state index contributed by atoms with van der Waals surface area (Å²) >= 11 is 0. The smallest absolute Gasteiger partial charge is 0.407 e. The van der Waals surface area contributed by atoms with E-state index in [4.69, 9.17) is 62.6 Å². The molecule has 8 N–H and O–H groups in total. The zero-order valence-electron chi connectivity index (χ0n) is 72.8. The number of imidazole rings is 4. The van der Waals surface area contributed by atoms with Gasteiger partial charge in [0, 0.05) is 74.3 Å². The summed E-state index contributed by atoms with van der Waals surface area (Å²) in [6.45, 7) is 19.4. The van der Waals surface area contributed by atoms with Crippen LogP contribution < -0.4 is 30.7 Å². The Labute approximate surface area is 717 Å². The Balaban J connectivity index is 0.000000192. The maximum atomic E-state index is 14.1. The van der Waals surface area contributed by atoms with Crippen LogP contribution in [0.5, 0.6) is 11.5 Å². The molecule has 8 amide bonds. The lowest BCUT2D eigenvalue weighted by Gasteiger charge is -2.33. The Hall–Kier alpha value is -12.4. The van der Waals surface area contributed by atoms with E-state index in [0.29, 0.717) is 75.5 Å². The number of amides is 8. The molecule has 0 aliphatic carbocycles. The minimum Gasteiger partial charge on any atom is -0.488 e.